The first kappa shape index (κ1) is 21.6. The van der Waals surface area contributed by atoms with Gasteiger partial charge in [0, 0.05) is 31.9 Å². The van der Waals surface area contributed by atoms with Gasteiger partial charge in [-0.05, 0) is 43.7 Å². The Morgan fingerprint density at radius 1 is 1.14 bits per heavy atom. The molecule has 3 atom stereocenters. The van der Waals surface area contributed by atoms with Crippen LogP contribution < -0.4 is 10.4 Å². The van der Waals surface area contributed by atoms with Crippen LogP contribution in [0.1, 0.15) is 39.5 Å². The highest BCUT2D eigenvalue weighted by Crippen LogP contribution is 2.41. The van der Waals surface area contributed by atoms with Crippen LogP contribution >= 0.6 is 0 Å². The van der Waals surface area contributed by atoms with Crippen molar-refractivity contribution in [3.05, 3.63) is 30.3 Å². The highest BCUT2D eigenvalue weighted by atomic mass is 16.5. The molecule has 1 aliphatic carbocycles. The Morgan fingerprint density at radius 3 is 2.38 bits per heavy atom. The van der Waals surface area contributed by atoms with Crippen LogP contribution in [0.2, 0.25) is 0 Å². The van der Waals surface area contributed by atoms with Gasteiger partial charge in [0.15, 0.2) is 0 Å². The molecule has 1 aliphatic heterocycles. The lowest BCUT2D eigenvalue weighted by atomic mass is 9.68. The number of piperazine rings is 1. The number of anilines is 1. The van der Waals surface area contributed by atoms with Crippen LogP contribution in [-0.4, -0.2) is 58.8 Å². The van der Waals surface area contributed by atoms with Gasteiger partial charge in [0.2, 0.25) is 11.8 Å². The summed E-state index contributed by atoms with van der Waals surface area (Å²) in [6.07, 6.45) is 1.75. The van der Waals surface area contributed by atoms with E-state index in [0.29, 0.717) is 32.4 Å². The van der Waals surface area contributed by atoms with Crippen molar-refractivity contribution in [3.63, 3.8) is 0 Å². The Labute approximate surface area is 172 Å². The number of nitrogens with zero attached hydrogens (tertiary/aromatic N) is 2. The first-order valence-corrected chi connectivity index (χ1v) is 10.6. The third-order valence-corrected chi connectivity index (χ3v) is 6.27. The topological polar surface area (TPSA) is 93.1 Å². The van der Waals surface area contributed by atoms with Crippen molar-refractivity contribution in [2.24, 2.45) is 17.8 Å². The van der Waals surface area contributed by atoms with Gasteiger partial charge in [-0.25, -0.2) is 5.48 Å². The zero-order valence-corrected chi connectivity index (χ0v) is 17.4. The molecule has 0 unspecified atom stereocenters. The molecular formula is C22H33N3O4. The average Bonchev–Trinajstić information content (AvgIpc) is 2.72. The number of para-hydroxylation sites is 1. The van der Waals surface area contributed by atoms with Crippen LogP contribution in [-0.2, 0) is 9.59 Å². The van der Waals surface area contributed by atoms with E-state index in [1.54, 1.807) is 5.48 Å². The summed E-state index contributed by atoms with van der Waals surface area (Å²) >= 11 is 0. The Bertz CT molecular complexity index is 703. The van der Waals surface area contributed by atoms with Gasteiger partial charge in [-0.2, -0.15) is 0 Å². The lowest BCUT2D eigenvalue weighted by Gasteiger charge is -2.43. The van der Waals surface area contributed by atoms with Gasteiger partial charge in [-0.15, -0.1) is 0 Å². The summed E-state index contributed by atoms with van der Waals surface area (Å²) in [7, 11) is 0. The third-order valence-electron chi connectivity index (χ3n) is 6.27. The minimum absolute atomic E-state index is 0.0436. The van der Waals surface area contributed by atoms with Gasteiger partial charge in [0.1, 0.15) is 0 Å². The SMILES string of the molecule is CC(C)C[C@@]1(O)CC[C@H](C(=O)N2CCN(c3ccccc3)CC2)[C@@H](C(=O)NO)C1. The molecule has 1 saturated carbocycles. The fourth-order valence-electron chi connectivity index (χ4n) is 4.94. The first-order valence-electron chi connectivity index (χ1n) is 10.6. The fraction of sp³-hybridized carbons (Fsp3) is 0.636. The zero-order chi connectivity index (χ0) is 21.0. The van der Waals surface area contributed by atoms with Gasteiger partial charge >= 0.3 is 0 Å². The van der Waals surface area contributed by atoms with E-state index >= 15 is 0 Å². The maximum absolute atomic E-state index is 13.2. The predicted molar refractivity (Wildman–Crippen MR) is 110 cm³/mol. The first-order chi connectivity index (χ1) is 13.8. The lowest BCUT2D eigenvalue weighted by molar-refractivity contribution is -0.153. The standard InChI is InChI=1S/C22H33N3O4/c1-16(2)14-22(28)9-8-18(19(15-22)20(26)23-29)21(27)25-12-10-24(11-13-25)17-6-4-3-5-7-17/h3-7,16,18-19,28-29H,8-15H2,1-2H3,(H,23,26)/t18-,19-,22-/m0/s1. The highest BCUT2D eigenvalue weighted by Gasteiger charge is 2.46. The van der Waals surface area contributed by atoms with E-state index in [0.717, 1.165) is 18.8 Å². The second-order valence-corrected chi connectivity index (χ2v) is 8.90. The normalized spacial score (nSPS) is 27.8. The van der Waals surface area contributed by atoms with Crippen LogP contribution in [0.3, 0.4) is 0 Å². The van der Waals surface area contributed by atoms with Gasteiger partial charge in [-0.3, -0.25) is 14.8 Å². The largest absolute Gasteiger partial charge is 0.390 e. The van der Waals surface area contributed by atoms with Crippen molar-refractivity contribution in [1.29, 1.82) is 0 Å². The maximum Gasteiger partial charge on any atom is 0.247 e. The number of rotatable bonds is 5. The second kappa shape index (κ2) is 9.13. The van der Waals surface area contributed by atoms with E-state index in [-0.39, 0.29) is 18.2 Å². The highest BCUT2D eigenvalue weighted by molar-refractivity contribution is 5.87. The van der Waals surface area contributed by atoms with Gasteiger partial charge in [-0.1, -0.05) is 32.0 Å². The summed E-state index contributed by atoms with van der Waals surface area (Å²) in [5, 5.41) is 20.1. The molecule has 160 valence electrons. The molecule has 0 aromatic heterocycles. The molecule has 3 N–H and O–H groups in total. The minimum Gasteiger partial charge on any atom is -0.390 e. The number of hydroxylamine groups is 1. The summed E-state index contributed by atoms with van der Waals surface area (Å²) < 4.78 is 0. The summed E-state index contributed by atoms with van der Waals surface area (Å²) in [4.78, 5) is 29.6. The zero-order valence-electron chi connectivity index (χ0n) is 17.4. The molecule has 0 bridgehead atoms. The van der Waals surface area contributed by atoms with Crippen molar-refractivity contribution in [1.82, 2.24) is 10.4 Å². The van der Waals surface area contributed by atoms with E-state index in [4.69, 9.17) is 0 Å². The molecule has 2 aliphatic rings. The summed E-state index contributed by atoms with van der Waals surface area (Å²) in [5.74, 6) is -1.54. The summed E-state index contributed by atoms with van der Waals surface area (Å²) in [6.45, 7) is 6.76. The maximum atomic E-state index is 13.2. The number of amides is 2. The molecule has 1 aromatic carbocycles. The molecule has 1 aromatic rings. The van der Waals surface area contributed by atoms with Crippen molar-refractivity contribution in [3.8, 4) is 0 Å². The van der Waals surface area contributed by atoms with Crippen molar-refractivity contribution >= 4 is 17.5 Å². The average molecular weight is 404 g/mol. The van der Waals surface area contributed by atoms with E-state index in [9.17, 15) is 19.9 Å². The smallest absolute Gasteiger partial charge is 0.247 e. The quantitative estimate of drug-likeness (QED) is 0.517. The van der Waals surface area contributed by atoms with Gasteiger partial charge in [0.25, 0.3) is 0 Å². The van der Waals surface area contributed by atoms with Crippen molar-refractivity contribution in [2.45, 2.75) is 45.1 Å². The number of hydrogen-bond donors (Lipinski definition) is 3. The fourth-order valence-corrected chi connectivity index (χ4v) is 4.94. The summed E-state index contributed by atoms with van der Waals surface area (Å²) in [6, 6.07) is 10.1. The molecule has 1 heterocycles. The van der Waals surface area contributed by atoms with Gasteiger partial charge in [0.05, 0.1) is 17.4 Å². The van der Waals surface area contributed by atoms with Crippen molar-refractivity contribution < 1.29 is 19.9 Å². The molecule has 2 amide bonds. The second-order valence-electron chi connectivity index (χ2n) is 8.90. The van der Waals surface area contributed by atoms with Crippen LogP contribution in [0.5, 0.6) is 0 Å². The molecular weight excluding hydrogens is 370 g/mol. The molecule has 7 heteroatoms. The minimum atomic E-state index is -0.964. The number of carbonyl (C=O) groups excluding carboxylic acids is 2. The molecule has 0 radical (unpaired) electrons. The Hall–Kier alpha value is -2.12. The molecule has 3 rings (SSSR count). The van der Waals surface area contributed by atoms with Gasteiger partial charge < -0.3 is 14.9 Å². The molecule has 0 spiro atoms. The van der Waals surface area contributed by atoms with E-state index in [1.807, 2.05) is 36.9 Å². The number of benzene rings is 1. The van der Waals surface area contributed by atoms with E-state index in [1.165, 1.54) is 0 Å². The van der Waals surface area contributed by atoms with Crippen LogP contribution in [0, 0.1) is 17.8 Å². The Kier molecular flexibility index (Phi) is 6.80. The van der Waals surface area contributed by atoms with Crippen LogP contribution in [0.25, 0.3) is 0 Å². The monoisotopic (exact) mass is 403 g/mol. The summed E-state index contributed by atoms with van der Waals surface area (Å²) in [5.41, 5.74) is 1.90. The number of nitrogens with one attached hydrogen (secondary N) is 1. The third kappa shape index (κ3) is 5.08. The molecule has 7 nitrogen and oxygen atoms in total. The number of carbonyl (C=O) groups is 2. The number of hydrogen-bond acceptors (Lipinski definition) is 5. The Balaban J connectivity index is 1.65. The molecule has 29 heavy (non-hydrogen) atoms. The molecule has 1 saturated heterocycles. The van der Waals surface area contributed by atoms with E-state index in [2.05, 4.69) is 17.0 Å². The van der Waals surface area contributed by atoms with Crippen LogP contribution in [0.15, 0.2) is 30.3 Å². The lowest BCUT2D eigenvalue weighted by Crippen LogP contribution is -2.55. The van der Waals surface area contributed by atoms with Crippen LogP contribution in [0.4, 0.5) is 5.69 Å². The van der Waals surface area contributed by atoms with Crippen molar-refractivity contribution in [2.75, 3.05) is 31.1 Å². The van der Waals surface area contributed by atoms with E-state index < -0.39 is 23.3 Å². The number of aliphatic hydroxyl groups is 1. The molecule has 2 fully saturated rings. The Morgan fingerprint density at radius 2 is 1.79 bits per heavy atom. The predicted octanol–water partition coefficient (Wildman–Crippen LogP) is 2.03.